The number of carboxylic acids is 1. The van der Waals surface area contributed by atoms with Gasteiger partial charge in [0.05, 0.1) is 5.41 Å². The lowest BCUT2D eigenvalue weighted by Gasteiger charge is -2.22. The van der Waals surface area contributed by atoms with Gasteiger partial charge in [-0.05, 0) is 25.2 Å². The molecule has 0 saturated heterocycles. The first-order chi connectivity index (χ1) is 7.94. The van der Waals surface area contributed by atoms with Crippen molar-refractivity contribution < 1.29 is 14.7 Å². The molecule has 0 spiro atoms. The van der Waals surface area contributed by atoms with E-state index in [4.69, 9.17) is 5.11 Å². The summed E-state index contributed by atoms with van der Waals surface area (Å²) in [6.45, 7) is 6.06. The van der Waals surface area contributed by atoms with Gasteiger partial charge in [0.2, 0.25) is 5.91 Å². The molecule has 98 valence electrons. The molecule has 4 nitrogen and oxygen atoms in total. The molecule has 1 amide bonds. The van der Waals surface area contributed by atoms with Gasteiger partial charge in [-0.15, -0.1) is 0 Å². The van der Waals surface area contributed by atoms with Crippen molar-refractivity contribution in [3.8, 4) is 0 Å². The van der Waals surface area contributed by atoms with Gasteiger partial charge < -0.3 is 10.4 Å². The largest absolute Gasteiger partial charge is 0.480 e. The third kappa shape index (κ3) is 3.20. The zero-order valence-electron chi connectivity index (χ0n) is 11.0. The molecule has 0 aromatic carbocycles. The second-order valence-electron chi connectivity index (χ2n) is 5.32. The first-order valence-corrected chi connectivity index (χ1v) is 6.48. The lowest BCUT2D eigenvalue weighted by atomic mass is 9.91. The topological polar surface area (TPSA) is 66.4 Å². The van der Waals surface area contributed by atoms with E-state index in [2.05, 4.69) is 5.32 Å². The van der Waals surface area contributed by atoms with E-state index in [0.29, 0.717) is 6.42 Å². The summed E-state index contributed by atoms with van der Waals surface area (Å²) >= 11 is 0. The van der Waals surface area contributed by atoms with Crippen molar-refractivity contribution in [1.29, 1.82) is 0 Å². The van der Waals surface area contributed by atoms with Crippen LogP contribution < -0.4 is 5.32 Å². The maximum atomic E-state index is 12.1. The highest BCUT2D eigenvalue weighted by Crippen LogP contribution is 2.52. The van der Waals surface area contributed by atoms with Gasteiger partial charge in [-0.3, -0.25) is 4.79 Å². The summed E-state index contributed by atoms with van der Waals surface area (Å²) in [4.78, 5) is 23.1. The highest BCUT2D eigenvalue weighted by molar-refractivity contribution is 5.89. The Morgan fingerprint density at radius 3 is 2.29 bits per heavy atom. The van der Waals surface area contributed by atoms with Crippen molar-refractivity contribution in [2.45, 2.75) is 58.9 Å². The second kappa shape index (κ2) is 5.52. The van der Waals surface area contributed by atoms with Crippen LogP contribution in [0.15, 0.2) is 0 Å². The standard InChI is InChI=1S/C13H23NO3/c1-4-5-6-10(11(15)16)14-12(17)13(7-8-13)9(2)3/h9-10H,4-8H2,1-3H3,(H,14,17)(H,15,16). The van der Waals surface area contributed by atoms with E-state index in [1.54, 1.807) is 0 Å². The number of nitrogens with one attached hydrogen (secondary N) is 1. The summed E-state index contributed by atoms with van der Waals surface area (Å²) in [5, 5.41) is 11.8. The van der Waals surface area contributed by atoms with Gasteiger partial charge in [0.15, 0.2) is 0 Å². The van der Waals surface area contributed by atoms with Gasteiger partial charge in [0.1, 0.15) is 6.04 Å². The zero-order chi connectivity index (χ0) is 13.1. The van der Waals surface area contributed by atoms with Crippen molar-refractivity contribution in [2.75, 3.05) is 0 Å². The fourth-order valence-electron chi connectivity index (χ4n) is 2.17. The predicted octanol–water partition coefficient (Wildman–Crippen LogP) is 2.18. The summed E-state index contributed by atoms with van der Waals surface area (Å²) in [7, 11) is 0. The van der Waals surface area contributed by atoms with Gasteiger partial charge in [-0.2, -0.15) is 0 Å². The number of rotatable bonds is 7. The summed E-state index contributed by atoms with van der Waals surface area (Å²) < 4.78 is 0. The summed E-state index contributed by atoms with van der Waals surface area (Å²) in [6, 6.07) is -0.723. The Morgan fingerprint density at radius 1 is 1.35 bits per heavy atom. The fourth-order valence-corrected chi connectivity index (χ4v) is 2.17. The van der Waals surface area contributed by atoms with Gasteiger partial charge >= 0.3 is 5.97 Å². The average Bonchev–Trinajstić information content (AvgIpc) is 3.04. The molecule has 1 fully saturated rings. The summed E-state index contributed by atoms with van der Waals surface area (Å²) in [5.41, 5.74) is -0.292. The Bertz CT molecular complexity index is 295. The lowest BCUT2D eigenvalue weighted by Crippen LogP contribution is -2.45. The minimum absolute atomic E-state index is 0.0731. The number of amides is 1. The van der Waals surface area contributed by atoms with Crippen molar-refractivity contribution in [3.63, 3.8) is 0 Å². The molecular weight excluding hydrogens is 218 g/mol. The minimum Gasteiger partial charge on any atom is -0.480 e. The van der Waals surface area contributed by atoms with Crippen LogP contribution in [0.2, 0.25) is 0 Å². The summed E-state index contributed by atoms with van der Waals surface area (Å²) in [6.07, 6.45) is 4.06. The molecule has 1 unspecified atom stereocenters. The molecule has 4 heteroatoms. The molecule has 17 heavy (non-hydrogen) atoms. The van der Waals surface area contributed by atoms with Crippen LogP contribution in [-0.4, -0.2) is 23.0 Å². The molecule has 0 aromatic rings. The molecule has 1 saturated carbocycles. The molecular formula is C13H23NO3. The Labute approximate surface area is 103 Å². The van der Waals surface area contributed by atoms with Crippen LogP contribution in [0.25, 0.3) is 0 Å². The minimum atomic E-state index is -0.925. The normalized spacial score (nSPS) is 18.8. The van der Waals surface area contributed by atoms with Crippen LogP contribution in [0.3, 0.4) is 0 Å². The van der Waals surface area contributed by atoms with E-state index < -0.39 is 12.0 Å². The number of hydrogen-bond acceptors (Lipinski definition) is 2. The molecule has 0 heterocycles. The number of hydrogen-bond donors (Lipinski definition) is 2. The van der Waals surface area contributed by atoms with E-state index in [0.717, 1.165) is 25.7 Å². The van der Waals surface area contributed by atoms with Crippen LogP contribution in [0.5, 0.6) is 0 Å². The van der Waals surface area contributed by atoms with Gasteiger partial charge in [-0.1, -0.05) is 33.6 Å². The Kier molecular flexibility index (Phi) is 4.54. The number of carboxylic acid groups (broad SMARTS) is 1. The highest BCUT2D eigenvalue weighted by atomic mass is 16.4. The molecule has 2 N–H and O–H groups in total. The quantitative estimate of drug-likeness (QED) is 0.718. The maximum absolute atomic E-state index is 12.1. The number of aliphatic carboxylic acids is 1. The summed E-state index contributed by atoms with van der Waals surface area (Å²) in [5.74, 6) is -0.717. The monoisotopic (exact) mass is 241 g/mol. The van der Waals surface area contributed by atoms with Gasteiger partial charge in [0.25, 0.3) is 0 Å². The van der Waals surface area contributed by atoms with E-state index in [1.165, 1.54) is 0 Å². The van der Waals surface area contributed by atoms with Crippen molar-refractivity contribution in [2.24, 2.45) is 11.3 Å². The molecule has 0 bridgehead atoms. The SMILES string of the molecule is CCCCC(NC(=O)C1(C(C)C)CC1)C(=O)O. The van der Waals surface area contributed by atoms with Crippen LogP contribution >= 0.6 is 0 Å². The van der Waals surface area contributed by atoms with E-state index in [1.807, 2.05) is 20.8 Å². The molecule has 1 rings (SSSR count). The fraction of sp³-hybridized carbons (Fsp3) is 0.846. The van der Waals surface area contributed by atoms with E-state index in [9.17, 15) is 9.59 Å². The van der Waals surface area contributed by atoms with E-state index in [-0.39, 0.29) is 17.2 Å². The van der Waals surface area contributed by atoms with Crippen LogP contribution in [-0.2, 0) is 9.59 Å². The maximum Gasteiger partial charge on any atom is 0.326 e. The molecule has 0 aromatic heterocycles. The number of carbonyl (C=O) groups is 2. The first kappa shape index (κ1) is 14.0. The molecule has 1 aliphatic carbocycles. The van der Waals surface area contributed by atoms with Gasteiger partial charge in [0, 0.05) is 0 Å². The molecule has 0 aliphatic heterocycles. The Balaban J connectivity index is 2.55. The molecule has 1 aliphatic rings. The second-order valence-corrected chi connectivity index (χ2v) is 5.32. The smallest absolute Gasteiger partial charge is 0.326 e. The first-order valence-electron chi connectivity index (χ1n) is 6.48. The third-order valence-electron chi connectivity index (χ3n) is 3.80. The Hall–Kier alpha value is -1.06. The Morgan fingerprint density at radius 2 is 1.94 bits per heavy atom. The van der Waals surface area contributed by atoms with Gasteiger partial charge in [-0.25, -0.2) is 4.79 Å². The molecule has 1 atom stereocenters. The zero-order valence-corrected chi connectivity index (χ0v) is 11.0. The highest BCUT2D eigenvalue weighted by Gasteiger charge is 2.52. The van der Waals surface area contributed by atoms with Crippen LogP contribution in [0.4, 0.5) is 0 Å². The third-order valence-corrected chi connectivity index (χ3v) is 3.80. The van der Waals surface area contributed by atoms with Crippen LogP contribution in [0.1, 0.15) is 52.9 Å². The van der Waals surface area contributed by atoms with Crippen LogP contribution in [0, 0.1) is 11.3 Å². The van der Waals surface area contributed by atoms with Crippen molar-refractivity contribution in [1.82, 2.24) is 5.32 Å². The predicted molar refractivity (Wildman–Crippen MR) is 65.6 cm³/mol. The van der Waals surface area contributed by atoms with E-state index >= 15 is 0 Å². The molecule has 0 radical (unpaired) electrons. The average molecular weight is 241 g/mol. The van der Waals surface area contributed by atoms with Crippen molar-refractivity contribution in [3.05, 3.63) is 0 Å². The number of carbonyl (C=O) groups excluding carboxylic acids is 1. The lowest BCUT2D eigenvalue weighted by molar-refractivity contribution is -0.143. The van der Waals surface area contributed by atoms with Crippen molar-refractivity contribution >= 4 is 11.9 Å². The number of unbranched alkanes of at least 4 members (excludes halogenated alkanes) is 1.